The minimum atomic E-state index is -0.160. The molecule has 1 aliphatic carbocycles. The van der Waals surface area contributed by atoms with E-state index in [1.54, 1.807) is 18.3 Å². The van der Waals surface area contributed by atoms with Gasteiger partial charge in [0.25, 0.3) is 11.8 Å². The van der Waals surface area contributed by atoms with Gasteiger partial charge in [-0.05, 0) is 62.6 Å². The van der Waals surface area contributed by atoms with Crippen LogP contribution in [-0.2, 0) is 13.0 Å². The van der Waals surface area contributed by atoms with Crippen LogP contribution < -0.4 is 10.6 Å². The second-order valence-electron chi connectivity index (χ2n) is 7.32. The molecule has 1 saturated carbocycles. The van der Waals surface area contributed by atoms with Gasteiger partial charge in [0.2, 0.25) is 0 Å². The third kappa shape index (κ3) is 3.49. The van der Waals surface area contributed by atoms with Crippen LogP contribution in [0.15, 0.2) is 24.4 Å². The molecule has 1 aromatic carbocycles. The Morgan fingerprint density at radius 3 is 2.88 bits per heavy atom. The lowest BCUT2D eigenvalue weighted by atomic mass is 10.1. The molecule has 136 valence electrons. The van der Waals surface area contributed by atoms with Gasteiger partial charge in [-0.25, -0.2) is 0 Å². The van der Waals surface area contributed by atoms with Crippen molar-refractivity contribution in [2.45, 2.75) is 45.6 Å². The lowest BCUT2D eigenvalue weighted by molar-refractivity contribution is 0.0950. The first kappa shape index (κ1) is 16.8. The first-order valence-electron chi connectivity index (χ1n) is 9.36. The van der Waals surface area contributed by atoms with Gasteiger partial charge in [0.05, 0.1) is 17.5 Å². The van der Waals surface area contributed by atoms with Crippen molar-refractivity contribution in [1.29, 1.82) is 0 Å². The summed E-state index contributed by atoms with van der Waals surface area (Å²) in [6, 6.07) is 5.43. The summed E-state index contributed by atoms with van der Waals surface area (Å²) < 4.78 is 1.92. The fraction of sp³-hybridized carbons (Fsp3) is 0.450. The average Bonchev–Trinajstić information content (AvgIpc) is 3.38. The Morgan fingerprint density at radius 1 is 1.23 bits per heavy atom. The lowest BCUT2D eigenvalue weighted by Crippen LogP contribution is -2.25. The van der Waals surface area contributed by atoms with E-state index in [1.807, 2.05) is 17.7 Å². The van der Waals surface area contributed by atoms with Crippen LogP contribution in [0.3, 0.4) is 0 Å². The number of fused-ring (bicyclic) bond motifs is 1. The van der Waals surface area contributed by atoms with Gasteiger partial charge in [0.15, 0.2) is 0 Å². The molecular weight excluding hydrogens is 328 g/mol. The van der Waals surface area contributed by atoms with Crippen LogP contribution >= 0.6 is 0 Å². The molecule has 0 atom stereocenters. The van der Waals surface area contributed by atoms with Crippen molar-refractivity contribution in [2.24, 2.45) is 5.92 Å². The number of amides is 2. The minimum Gasteiger partial charge on any atom is -0.352 e. The predicted octanol–water partition coefficient (Wildman–Crippen LogP) is 2.92. The van der Waals surface area contributed by atoms with E-state index in [9.17, 15) is 9.59 Å². The monoisotopic (exact) mass is 352 g/mol. The van der Waals surface area contributed by atoms with Crippen LogP contribution in [0.2, 0.25) is 0 Å². The lowest BCUT2D eigenvalue weighted by Gasteiger charge is -2.15. The van der Waals surface area contributed by atoms with Crippen LogP contribution in [0, 0.1) is 12.8 Å². The van der Waals surface area contributed by atoms with Crippen LogP contribution in [0.4, 0.5) is 5.69 Å². The normalized spacial score (nSPS) is 16.0. The first-order chi connectivity index (χ1) is 12.6. The van der Waals surface area contributed by atoms with Gasteiger partial charge in [-0.2, -0.15) is 5.10 Å². The molecule has 1 aromatic heterocycles. The summed E-state index contributed by atoms with van der Waals surface area (Å²) in [5.41, 5.74) is 3.81. The van der Waals surface area contributed by atoms with Crippen molar-refractivity contribution in [3.05, 3.63) is 46.8 Å². The second-order valence-corrected chi connectivity index (χ2v) is 7.32. The number of nitrogens with one attached hydrogen (secondary N) is 2. The molecule has 0 unspecified atom stereocenters. The zero-order valence-electron chi connectivity index (χ0n) is 15.0. The Labute approximate surface area is 153 Å². The maximum Gasteiger partial charge on any atom is 0.259 e. The molecule has 2 aromatic rings. The number of aryl methyl sites for hydroxylation is 2. The highest BCUT2D eigenvalue weighted by Crippen LogP contribution is 2.28. The number of aromatic nitrogens is 2. The summed E-state index contributed by atoms with van der Waals surface area (Å²) in [5, 5.41) is 10.3. The third-order valence-electron chi connectivity index (χ3n) is 5.22. The van der Waals surface area contributed by atoms with Crippen LogP contribution in [-0.4, -0.2) is 28.1 Å². The summed E-state index contributed by atoms with van der Waals surface area (Å²) in [6.45, 7) is 3.53. The number of hydrogen-bond donors (Lipinski definition) is 2. The molecule has 2 N–H and O–H groups in total. The Bertz CT molecular complexity index is 851. The van der Waals surface area contributed by atoms with E-state index in [4.69, 9.17) is 0 Å². The molecule has 4 rings (SSSR count). The van der Waals surface area contributed by atoms with Crippen molar-refractivity contribution in [3.8, 4) is 0 Å². The van der Waals surface area contributed by atoms with Gasteiger partial charge in [-0.15, -0.1) is 0 Å². The minimum absolute atomic E-state index is 0.0877. The molecule has 6 heteroatoms. The van der Waals surface area contributed by atoms with Crippen LogP contribution in [0.5, 0.6) is 0 Å². The van der Waals surface area contributed by atoms with E-state index >= 15 is 0 Å². The van der Waals surface area contributed by atoms with E-state index in [2.05, 4.69) is 15.7 Å². The Kier molecular flexibility index (Phi) is 4.49. The quantitative estimate of drug-likeness (QED) is 0.869. The zero-order chi connectivity index (χ0) is 18.1. The van der Waals surface area contributed by atoms with Crippen molar-refractivity contribution >= 4 is 17.5 Å². The summed E-state index contributed by atoms with van der Waals surface area (Å²) in [7, 11) is 0. The number of carbonyl (C=O) groups is 2. The fourth-order valence-corrected chi connectivity index (χ4v) is 3.36. The van der Waals surface area contributed by atoms with Gasteiger partial charge >= 0.3 is 0 Å². The molecule has 0 bridgehead atoms. The number of carbonyl (C=O) groups excluding carboxylic acids is 2. The molecular formula is C20H24N4O2. The maximum absolute atomic E-state index is 12.7. The third-order valence-corrected chi connectivity index (χ3v) is 5.22. The zero-order valence-corrected chi connectivity index (χ0v) is 15.0. The number of anilines is 1. The number of benzene rings is 1. The maximum atomic E-state index is 12.7. The Balaban J connectivity index is 1.50. The highest BCUT2D eigenvalue weighted by Gasteiger charge is 2.23. The SMILES string of the molecule is Cc1ccc(C(=O)NCC2CC2)cc1NC(=O)c1cnn2c1CCCC2. The van der Waals surface area contributed by atoms with Gasteiger partial charge in [-0.3, -0.25) is 14.3 Å². The summed E-state index contributed by atoms with van der Waals surface area (Å²) in [4.78, 5) is 25.0. The largest absolute Gasteiger partial charge is 0.352 e. The van der Waals surface area contributed by atoms with Crippen molar-refractivity contribution in [3.63, 3.8) is 0 Å². The van der Waals surface area contributed by atoms with E-state index in [1.165, 1.54) is 12.8 Å². The first-order valence-corrected chi connectivity index (χ1v) is 9.36. The molecule has 0 radical (unpaired) electrons. The number of rotatable bonds is 5. The smallest absolute Gasteiger partial charge is 0.259 e. The highest BCUT2D eigenvalue weighted by molar-refractivity contribution is 6.06. The Morgan fingerprint density at radius 2 is 2.08 bits per heavy atom. The molecule has 2 amide bonds. The fourth-order valence-electron chi connectivity index (χ4n) is 3.36. The average molecular weight is 352 g/mol. The van der Waals surface area contributed by atoms with Crippen molar-refractivity contribution < 1.29 is 9.59 Å². The van der Waals surface area contributed by atoms with Gasteiger partial charge in [-0.1, -0.05) is 6.07 Å². The molecule has 0 saturated heterocycles. The molecule has 6 nitrogen and oxygen atoms in total. The van der Waals surface area contributed by atoms with Crippen LogP contribution in [0.25, 0.3) is 0 Å². The molecule has 2 heterocycles. The summed E-state index contributed by atoms with van der Waals surface area (Å²) >= 11 is 0. The van der Waals surface area contributed by atoms with E-state index < -0.39 is 0 Å². The standard InChI is InChI=1S/C20H24N4O2/c1-13-5-8-15(19(25)21-11-14-6-7-14)10-17(13)23-20(26)16-12-22-24-9-3-2-4-18(16)24/h5,8,10,12,14H,2-4,6-7,9,11H2,1H3,(H,21,25)(H,23,26). The molecule has 1 aliphatic heterocycles. The highest BCUT2D eigenvalue weighted by atomic mass is 16.2. The Hall–Kier alpha value is -2.63. The number of hydrogen-bond acceptors (Lipinski definition) is 3. The van der Waals surface area contributed by atoms with Crippen molar-refractivity contribution in [2.75, 3.05) is 11.9 Å². The van der Waals surface area contributed by atoms with E-state index in [-0.39, 0.29) is 11.8 Å². The van der Waals surface area contributed by atoms with Crippen molar-refractivity contribution in [1.82, 2.24) is 15.1 Å². The molecule has 26 heavy (non-hydrogen) atoms. The van der Waals surface area contributed by atoms with E-state index in [0.29, 0.717) is 22.7 Å². The second kappa shape index (κ2) is 6.94. The number of nitrogens with zero attached hydrogens (tertiary/aromatic N) is 2. The van der Waals surface area contributed by atoms with E-state index in [0.717, 1.165) is 43.6 Å². The molecule has 2 aliphatic rings. The topological polar surface area (TPSA) is 76.0 Å². The summed E-state index contributed by atoms with van der Waals surface area (Å²) in [5.74, 6) is 0.388. The van der Waals surface area contributed by atoms with Crippen LogP contribution in [0.1, 0.15) is 57.7 Å². The summed E-state index contributed by atoms with van der Waals surface area (Å²) in [6.07, 6.45) is 7.12. The predicted molar refractivity (Wildman–Crippen MR) is 99.4 cm³/mol. The van der Waals surface area contributed by atoms with Gasteiger partial charge < -0.3 is 10.6 Å². The van der Waals surface area contributed by atoms with Gasteiger partial charge in [0, 0.05) is 24.3 Å². The molecule has 0 spiro atoms. The van der Waals surface area contributed by atoms with Gasteiger partial charge in [0.1, 0.15) is 0 Å². The molecule has 1 fully saturated rings.